The number of hydrogen-bond acceptors (Lipinski definition) is 2. The van der Waals surface area contributed by atoms with Gasteiger partial charge >= 0.3 is 0 Å². The van der Waals surface area contributed by atoms with Crippen molar-refractivity contribution >= 4 is 5.69 Å². The Hall–Kier alpha value is -1.02. The molecule has 0 spiro atoms. The largest absolute Gasteiger partial charge is 0.372 e. The van der Waals surface area contributed by atoms with E-state index in [1.165, 1.54) is 29.7 Å². The van der Waals surface area contributed by atoms with E-state index in [-0.39, 0.29) is 6.04 Å². The van der Waals surface area contributed by atoms with Crippen molar-refractivity contribution < 1.29 is 0 Å². The fraction of sp³-hybridized carbons (Fsp3) is 0.625. The Balaban J connectivity index is 2.81. The van der Waals surface area contributed by atoms with Gasteiger partial charge in [0.1, 0.15) is 0 Å². The van der Waals surface area contributed by atoms with Crippen molar-refractivity contribution in [3.05, 3.63) is 29.3 Å². The number of unbranched alkanes of at least 4 members (excludes halogenated alkanes) is 1. The summed E-state index contributed by atoms with van der Waals surface area (Å²) in [6, 6.07) is 7.01. The molecule has 0 fully saturated rings. The van der Waals surface area contributed by atoms with Gasteiger partial charge in [0.05, 0.1) is 0 Å². The summed E-state index contributed by atoms with van der Waals surface area (Å²) in [6.07, 6.45) is 3.47. The van der Waals surface area contributed by atoms with Crippen LogP contribution in [-0.2, 0) is 6.42 Å². The summed E-state index contributed by atoms with van der Waals surface area (Å²) >= 11 is 0. The lowest BCUT2D eigenvalue weighted by atomic mass is 10.0. The van der Waals surface area contributed by atoms with E-state index in [1.807, 2.05) is 0 Å². The predicted octanol–water partition coefficient (Wildman–Crippen LogP) is 3.51. The first-order chi connectivity index (χ1) is 8.58. The SMILES string of the molecule is CCCCN(CC)c1ccc(CC(C)N)c(C)c1. The highest BCUT2D eigenvalue weighted by Crippen LogP contribution is 2.20. The second-order valence-electron chi connectivity index (χ2n) is 5.23. The third-order valence-electron chi connectivity index (χ3n) is 3.40. The minimum absolute atomic E-state index is 0.233. The van der Waals surface area contributed by atoms with Gasteiger partial charge in [0.15, 0.2) is 0 Å². The summed E-state index contributed by atoms with van der Waals surface area (Å²) in [6.45, 7) is 10.9. The smallest absolute Gasteiger partial charge is 0.0368 e. The van der Waals surface area contributed by atoms with Crippen molar-refractivity contribution in [1.29, 1.82) is 0 Å². The van der Waals surface area contributed by atoms with Gasteiger partial charge in [-0.1, -0.05) is 19.4 Å². The molecule has 0 heterocycles. The molecule has 0 saturated heterocycles. The van der Waals surface area contributed by atoms with Crippen LogP contribution >= 0.6 is 0 Å². The first-order valence-electron chi connectivity index (χ1n) is 7.18. The first-order valence-corrected chi connectivity index (χ1v) is 7.18. The molecule has 0 aromatic heterocycles. The highest BCUT2D eigenvalue weighted by atomic mass is 15.1. The van der Waals surface area contributed by atoms with Gasteiger partial charge in [0, 0.05) is 24.8 Å². The number of nitrogens with two attached hydrogens (primary N) is 1. The Morgan fingerprint density at radius 3 is 2.50 bits per heavy atom. The lowest BCUT2D eigenvalue weighted by Gasteiger charge is -2.24. The van der Waals surface area contributed by atoms with Crippen LogP contribution in [0.25, 0.3) is 0 Å². The number of hydrogen-bond donors (Lipinski definition) is 1. The third-order valence-corrected chi connectivity index (χ3v) is 3.40. The van der Waals surface area contributed by atoms with E-state index >= 15 is 0 Å². The maximum atomic E-state index is 5.87. The molecule has 18 heavy (non-hydrogen) atoms. The zero-order chi connectivity index (χ0) is 13.5. The molecule has 1 aromatic rings. The first kappa shape index (κ1) is 15.0. The Morgan fingerprint density at radius 2 is 2.00 bits per heavy atom. The van der Waals surface area contributed by atoms with Crippen LogP contribution in [-0.4, -0.2) is 19.1 Å². The van der Waals surface area contributed by atoms with Gasteiger partial charge in [-0.15, -0.1) is 0 Å². The van der Waals surface area contributed by atoms with Crippen LogP contribution in [0, 0.1) is 6.92 Å². The summed E-state index contributed by atoms with van der Waals surface area (Å²) < 4.78 is 0. The Morgan fingerprint density at radius 1 is 1.28 bits per heavy atom. The van der Waals surface area contributed by atoms with Crippen LogP contribution in [0.4, 0.5) is 5.69 Å². The fourth-order valence-corrected chi connectivity index (χ4v) is 2.27. The number of anilines is 1. The number of benzene rings is 1. The molecular formula is C16H28N2. The highest BCUT2D eigenvalue weighted by molar-refractivity contribution is 5.50. The van der Waals surface area contributed by atoms with Crippen LogP contribution in [0.15, 0.2) is 18.2 Å². The molecule has 0 amide bonds. The molecule has 0 radical (unpaired) electrons. The summed E-state index contributed by atoms with van der Waals surface area (Å²) in [5.41, 5.74) is 9.95. The average molecular weight is 248 g/mol. The molecule has 2 N–H and O–H groups in total. The van der Waals surface area contributed by atoms with Crippen LogP contribution in [0.5, 0.6) is 0 Å². The molecule has 1 rings (SSSR count). The van der Waals surface area contributed by atoms with E-state index < -0.39 is 0 Å². The van der Waals surface area contributed by atoms with E-state index in [2.05, 4.69) is 50.8 Å². The van der Waals surface area contributed by atoms with Crippen molar-refractivity contribution in [3.8, 4) is 0 Å². The zero-order valence-electron chi connectivity index (χ0n) is 12.4. The van der Waals surface area contributed by atoms with Crippen LogP contribution in [0.3, 0.4) is 0 Å². The van der Waals surface area contributed by atoms with Gasteiger partial charge in [-0.3, -0.25) is 0 Å². The highest BCUT2D eigenvalue weighted by Gasteiger charge is 2.07. The van der Waals surface area contributed by atoms with Crippen LogP contribution in [0.2, 0.25) is 0 Å². The number of rotatable bonds is 7. The normalized spacial score (nSPS) is 12.5. The van der Waals surface area contributed by atoms with Crippen molar-refractivity contribution in [2.45, 2.75) is 53.0 Å². The quantitative estimate of drug-likeness (QED) is 0.800. The van der Waals surface area contributed by atoms with Crippen LogP contribution in [0.1, 0.15) is 44.7 Å². The molecule has 1 unspecified atom stereocenters. The molecule has 0 bridgehead atoms. The molecule has 102 valence electrons. The monoisotopic (exact) mass is 248 g/mol. The second kappa shape index (κ2) is 7.42. The summed E-state index contributed by atoms with van der Waals surface area (Å²) in [4.78, 5) is 2.45. The Kier molecular flexibility index (Phi) is 6.20. The van der Waals surface area contributed by atoms with Gasteiger partial charge < -0.3 is 10.6 Å². The van der Waals surface area contributed by atoms with Crippen molar-refractivity contribution in [3.63, 3.8) is 0 Å². The summed E-state index contributed by atoms with van der Waals surface area (Å²) in [5.74, 6) is 0. The van der Waals surface area contributed by atoms with E-state index in [4.69, 9.17) is 5.73 Å². The van der Waals surface area contributed by atoms with Gasteiger partial charge in [-0.2, -0.15) is 0 Å². The zero-order valence-corrected chi connectivity index (χ0v) is 12.4. The summed E-state index contributed by atoms with van der Waals surface area (Å²) in [5, 5.41) is 0. The molecule has 1 aromatic carbocycles. The van der Waals surface area contributed by atoms with Gasteiger partial charge in [-0.25, -0.2) is 0 Å². The maximum Gasteiger partial charge on any atom is 0.0368 e. The molecule has 0 saturated carbocycles. The molecular weight excluding hydrogens is 220 g/mol. The minimum atomic E-state index is 0.233. The number of aryl methyl sites for hydroxylation is 1. The topological polar surface area (TPSA) is 29.3 Å². The molecule has 1 atom stereocenters. The van der Waals surface area contributed by atoms with Gasteiger partial charge in [-0.05, 0) is 56.9 Å². The van der Waals surface area contributed by atoms with E-state index in [0.717, 1.165) is 19.5 Å². The van der Waals surface area contributed by atoms with Crippen molar-refractivity contribution in [2.75, 3.05) is 18.0 Å². The van der Waals surface area contributed by atoms with Crippen molar-refractivity contribution in [2.24, 2.45) is 5.73 Å². The predicted molar refractivity (Wildman–Crippen MR) is 81.3 cm³/mol. The molecule has 0 aliphatic heterocycles. The molecule has 0 aliphatic carbocycles. The second-order valence-corrected chi connectivity index (χ2v) is 5.23. The minimum Gasteiger partial charge on any atom is -0.372 e. The standard InChI is InChI=1S/C16H28N2/c1-5-7-10-18(6-2)16-9-8-15(12-14(4)17)13(3)11-16/h8-9,11,14H,5-7,10,12,17H2,1-4H3. The van der Waals surface area contributed by atoms with Crippen molar-refractivity contribution in [1.82, 2.24) is 0 Å². The van der Waals surface area contributed by atoms with Crippen LogP contribution < -0.4 is 10.6 Å². The third kappa shape index (κ3) is 4.34. The van der Waals surface area contributed by atoms with Gasteiger partial charge in [0.25, 0.3) is 0 Å². The lowest BCUT2D eigenvalue weighted by molar-refractivity contribution is 0.726. The molecule has 2 heteroatoms. The van der Waals surface area contributed by atoms with E-state index in [0.29, 0.717) is 0 Å². The Bertz CT molecular complexity index is 358. The Labute approximate surface area is 112 Å². The average Bonchev–Trinajstić information content (AvgIpc) is 2.33. The number of nitrogens with zero attached hydrogens (tertiary/aromatic N) is 1. The lowest BCUT2D eigenvalue weighted by Crippen LogP contribution is -2.24. The summed E-state index contributed by atoms with van der Waals surface area (Å²) in [7, 11) is 0. The van der Waals surface area contributed by atoms with E-state index in [9.17, 15) is 0 Å². The molecule has 2 nitrogen and oxygen atoms in total. The molecule has 0 aliphatic rings. The van der Waals surface area contributed by atoms with Gasteiger partial charge in [0.2, 0.25) is 0 Å². The van der Waals surface area contributed by atoms with E-state index in [1.54, 1.807) is 0 Å². The fourth-order valence-electron chi connectivity index (χ4n) is 2.27. The maximum absolute atomic E-state index is 5.87.